The first kappa shape index (κ1) is 20.7. The van der Waals surface area contributed by atoms with Gasteiger partial charge in [0.05, 0.1) is 18.1 Å². The van der Waals surface area contributed by atoms with E-state index in [-0.39, 0.29) is 10.6 Å². The molecule has 0 saturated carbocycles. The first-order valence-electron chi connectivity index (χ1n) is 9.98. The first-order chi connectivity index (χ1) is 15.9. The highest BCUT2D eigenvalue weighted by molar-refractivity contribution is 7.92. The molecule has 0 amide bonds. The standard InChI is InChI=1S/C23H19N5O4S/c1-15-7-12-20(31-2)21(13-15)33(29,30)27-16-8-10-17(11-9-16)32-23-22-26-24-14-28(22)19-6-4-3-5-18(19)25-23/h3-14,27H,1-2H3. The molecule has 10 heteroatoms. The molecule has 9 nitrogen and oxygen atoms in total. The molecule has 0 bridgehead atoms. The van der Waals surface area contributed by atoms with Crippen LogP contribution in [-0.2, 0) is 10.0 Å². The fourth-order valence-corrected chi connectivity index (χ4v) is 4.77. The Morgan fingerprint density at radius 3 is 2.58 bits per heavy atom. The normalized spacial score (nSPS) is 11.6. The predicted octanol–water partition coefficient (Wildman–Crippen LogP) is 4.19. The van der Waals surface area contributed by atoms with Crippen molar-refractivity contribution >= 4 is 32.4 Å². The summed E-state index contributed by atoms with van der Waals surface area (Å²) in [6.45, 7) is 1.82. The third-order valence-corrected chi connectivity index (χ3v) is 6.43. The molecule has 0 atom stereocenters. The van der Waals surface area contributed by atoms with Crippen LogP contribution in [0.4, 0.5) is 5.69 Å². The second-order valence-corrected chi connectivity index (χ2v) is 8.97. The molecule has 3 aromatic carbocycles. The summed E-state index contributed by atoms with van der Waals surface area (Å²) in [5.41, 5.74) is 3.26. The number of methoxy groups -OCH3 is 1. The summed E-state index contributed by atoms with van der Waals surface area (Å²) in [4.78, 5) is 4.62. The molecular weight excluding hydrogens is 442 g/mol. The zero-order chi connectivity index (χ0) is 23.0. The highest BCUT2D eigenvalue weighted by Crippen LogP contribution is 2.29. The summed E-state index contributed by atoms with van der Waals surface area (Å²) >= 11 is 0. The van der Waals surface area contributed by atoms with Crippen molar-refractivity contribution in [2.45, 2.75) is 11.8 Å². The van der Waals surface area contributed by atoms with Crippen molar-refractivity contribution in [1.29, 1.82) is 0 Å². The Morgan fingerprint density at radius 1 is 1.00 bits per heavy atom. The Balaban J connectivity index is 1.42. The highest BCUT2D eigenvalue weighted by atomic mass is 32.2. The number of nitrogens with one attached hydrogen (secondary N) is 1. The minimum absolute atomic E-state index is 0.0693. The molecule has 166 valence electrons. The lowest BCUT2D eigenvalue weighted by Gasteiger charge is -2.13. The van der Waals surface area contributed by atoms with Gasteiger partial charge >= 0.3 is 0 Å². The summed E-state index contributed by atoms with van der Waals surface area (Å²) < 4.78 is 41.3. The van der Waals surface area contributed by atoms with Crippen molar-refractivity contribution in [3.8, 4) is 17.4 Å². The molecule has 0 radical (unpaired) electrons. The van der Waals surface area contributed by atoms with E-state index in [1.54, 1.807) is 53.2 Å². The van der Waals surface area contributed by atoms with E-state index in [2.05, 4.69) is 19.9 Å². The number of sulfonamides is 1. The van der Waals surface area contributed by atoms with E-state index in [1.807, 2.05) is 31.2 Å². The van der Waals surface area contributed by atoms with E-state index in [0.29, 0.717) is 23.0 Å². The van der Waals surface area contributed by atoms with Crippen molar-refractivity contribution in [3.63, 3.8) is 0 Å². The fourth-order valence-electron chi connectivity index (χ4n) is 3.45. The van der Waals surface area contributed by atoms with Crippen LogP contribution < -0.4 is 14.2 Å². The topological polar surface area (TPSA) is 108 Å². The van der Waals surface area contributed by atoms with Crippen molar-refractivity contribution in [2.24, 2.45) is 0 Å². The van der Waals surface area contributed by atoms with Gasteiger partial charge in [0.1, 0.15) is 22.7 Å². The average Bonchev–Trinajstić information content (AvgIpc) is 3.31. The van der Waals surface area contributed by atoms with Crippen LogP contribution >= 0.6 is 0 Å². The van der Waals surface area contributed by atoms with Gasteiger partial charge in [-0.3, -0.25) is 9.12 Å². The maximum absolute atomic E-state index is 12.9. The number of anilines is 1. The number of hydrogen-bond acceptors (Lipinski definition) is 7. The number of fused-ring (bicyclic) bond motifs is 3. The molecule has 0 spiro atoms. The lowest BCUT2D eigenvalue weighted by atomic mass is 10.2. The summed E-state index contributed by atoms with van der Waals surface area (Å²) in [5.74, 6) is 1.04. The van der Waals surface area contributed by atoms with E-state index in [9.17, 15) is 8.42 Å². The number of aromatic nitrogens is 4. The van der Waals surface area contributed by atoms with Gasteiger partial charge in [0.25, 0.3) is 15.9 Å². The van der Waals surface area contributed by atoms with Gasteiger partial charge in [-0.2, -0.15) is 0 Å². The Hall–Kier alpha value is -4.18. The fraction of sp³-hybridized carbons (Fsp3) is 0.0870. The monoisotopic (exact) mass is 461 g/mol. The van der Waals surface area contributed by atoms with E-state index in [4.69, 9.17) is 9.47 Å². The molecule has 0 unspecified atom stereocenters. The number of hydrogen-bond donors (Lipinski definition) is 1. The predicted molar refractivity (Wildman–Crippen MR) is 123 cm³/mol. The van der Waals surface area contributed by atoms with Gasteiger partial charge in [-0.15, -0.1) is 10.2 Å². The Labute approximate surface area is 189 Å². The molecule has 5 rings (SSSR count). The molecule has 1 N–H and O–H groups in total. The number of para-hydroxylation sites is 2. The van der Waals surface area contributed by atoms with E-state index in [1.165, 1.54) is 7.11 Å². The van der Waals surface area contributed by atoms with Crippen LogP contribution in [0.1, 0.15) is 5.56 Å². The van der Waals surface area contributed by atoms with Crippen molar-refractivity contribution in [3.05, 3.63) is 78.6 Å². The van der Waals surface area contributed by atoms with Gasteiger partial charge in [0.2, 0.25) is 5.65 Å². The number of benzene rings is 3. The Morgan fingerprint density at radius 2 is 1.79 bits per heavy atom. The lowest BCUT2D eigenvalue weighted by molar-refractivity contribution is 0.402. The minimum Gasteiger partial charge on any atom is -0.495 e. The van der Waals surface area contributed by atoms with Gasteiger partial charge in [-0.05, 0) is 61.0 Å². The quantitative estimate of drug-likeness (QED) is 0.404. The second-order valence-electron chi connectivity index (χ2n) is 7.32. The average molecular weight is 462 g/mol. The summed E-state index contributed by atoms with van der Waals surface area (Å²) in [6.07, 6.45) is 1.60. The molecular formula is C23H19N5O4S. The van der Waals surface area contributed by atoms with Crippen LogP contribution in [-0.4, -0.2) is 35.1 Å². The van der Waals surface area contributed by atoms with Gasteiger partial charge < -0.3 is 9.47 Å². The zero-order valence-electron chi connectivity index (χ0n) is 17.8. The number of aryl methyl sites for hydroxylation is 1. The minimum atomic E-state index is -3.85. The van der Waals surface area contributed by atoms with E-state index < -0.39 is 10.0 Å². The Bertz CT molecular complexity index is 1580. The molecule has 0 aliphatic carbocycles. The number of ether oxygens (including phenoxy) is 2. The summed E-state index contributed by atoms with van der Waals surface area (Å²) in [7, 11) is -2.41. The molecule has 2 aromatic heterocycles. The van der Waals surface area contributed by atoms with Crippen LogP contribution in [0.3, 0.4) is 0 Å². The molecule has 5 aromatic rings. The number of rotatable bonds is 6. The van der Waals surface area contributed by atoms with Crippen LogP contribution in [0.2, 0.25) is 0 Å². The van der Waals surface area contributed by atoms with Crippen LogP contribution in [0.25, 0.3) is 16.7 Å². The first-order valence-corrected chi connectivity index (χ1v) is 11.5. The molecule has 0 saturated heterocycles. The molecule has 0 aliphatic heterocycles. The van der Waals surface area contributed by atoms with Crippen LogP contribution in [0.15, 0.2) is 78.0 Å². The maximum Gasteiger partial charge on any atom is 0.266 e. The zero-order valence-corrected chi connectivity index (χ0v) is 18.6. The summed E-state index contributed by atoms with van der Waals surface area (Å²) in [5, 5.41) is 8.07. The van der Waals surface area contributed by atoms with E-state index >= 15 is 0 Å². The molecule has 33 heavy (non-hydrogen) atoms. The molecule has 0 aliphatic rings. The molecule has 2 heterocycles. The highest BCUT2D eigenvalue weighted by Gasteiger charge is 2.20. The molecule has 0 fully saturated rings. The van der Waals surface area contributed by atoms with Gasteiger partial charge in [-0.1, -0.05) is 18.2 Å². The van der Waals surface area contributed by atoms with Gasteiger partial charge in [0.15, 0.2) is 0 Å². The van der Waals surface area contributed by atoms with Crippen molar-refractivity contribution in [1.82, 2.24) is 19.6 Å². The Kier molecular flexibility index (Phi) is 5.06. The summed E-state index contributed by atoms with van der Waals surface area (Å²) in [6, 6.07) is 19.1. The lowest BCUT2D eigenvalue weighted by Crippen LogP contribution is -2.14. The maximum atomic E-state index is 12.9. The van der Waals surface area contributed by atoms with Crippen LogP contribution in [0, 0.1) is 6.92 Å². The van der Waals surface area contributed by atoms with Gasteiger partial charge in [0, 0.05) is 5.69 Å². The largest absolute Gasteiger partial charge is 0.495 e. The van der Waals surface area contributed by atoms with E-state index in [0.717, 1.165) is 16.6 Å². The SMILES string of the molecule is COc1ccc(C)cc1S(=O)(=O)Nc1ccc(Oc2nc3ccccc3n3cnnc23)cc1. The van der Waals surface area contributed by atoms with Crippen molar-refractivity contribution in [2.75, 3.05) is 11.8 Å². The third-order valence-electron chi connectivity index (χ3n) is 5.03. The third kappa shape index (κ3) is 3.92. The van der Waals surface area contributed by atoms with Gasteiger partial charge in [-0.25, -0.2) is 13.4 Å². The number of nitrogens with zero attached hydrogens (tertiary/aromatic N) is 4. The van der Waals surface area contributed by atoms with Crippen molar-refractivity contribution < 1.29 is 17.9 Å². The smallest absolute Gasteiger partial charge is 0.266 e. The second kappa shape index (κ2) is 8.06. The van der Waals surface area contributed by atoms with Crippen LogP contribution in [0.5, 0.6) is 17.4 Å².